The maximum atomic E-state index is 12.2. The first-order valence-electron chi connectivity index (χ1n) is 7.67. The highest BCUT2D eigenvalue weighted by atomic mass is 16.3. The molecule has 1 atom stereocenters. The van der Waals surface area contributed by atoms with E-state index in [1.807, 2.05) is 0 Å². The molecule has 0 radical (unpaired) electrons. The molecule has 0 saturated carbocycles. The summed E-state index contributed by atoms with van der Waals surface area (Å²) in [5, 5.41) is 12.7. The molecule has 5 heteroatoms. The monoisotopic (exact) mass is 291 g/mol. The SMILES string of the molecule is Cc1cc(C(=O)NC[C@H](C(C)C)N2CCCC2)c(O)cn1. The van der Waals surface area contributed by atoms with Gasteiger partial charge in [0.25, 0.3) is 5.91 Å². The number of carbonyl (C=O) groups excluding carboxylic acids is 1. The van der Waals surface area contributed by atoms with Crippen molar-refractivity contribution in [1.29, 1.82) is 0 Å². The van der Waals surface area contributed by atoms with E-state index in [2.05, 4.69) is 29.0 Å². The molecule has 0 unspecified atom stereocenters. The summed E-state index contributed by atoms with van der Waals surface area (Å²) in [7, 11) is 0. The second kappa shape index (κ2) is 6.89. The van der Waals surface area contributed by atoms with E-state index in [9.17, 15) is 9.90 Å². The summed E-state index contributed by atoms with van der Waals surface area (Å²) >= 11 is 0. The average Bonchev–Trinajstić information content (AvgIpc) is 2.95. The van der Waals surface area contributed by atoms with Crippen molar-refractivity contribution < 1.29 is 9.90 Å². The summed E-state index contributed by atoms with van der Waals surface area (Å²) in [6.45, 7) is 9.00. The zero-order valence-corrected chi connectivity index (χ0v) is 13.1. The number of pyridine rings is 1. The van der Waals surface area contributed by atoms with E-state index >= 15 is 0 Å². The lowest BCUT2D eigenvalue weighted by Crippen LogP contribution is -2.45. The number of hydrogen-bond acceptors (Lipinski definition) is 4. The normalized spacial score (nSPS) is 17.1. The summed E-state index contributed by atoms with van der Waals surface area (Å²) in [6.07, 6.45) is 3.80. The Hall–Kier alpha value is -1.62. The summed E-state index contributed by atoms with van der Waals surface area (Å²) in [4.78, 5) is 18.7. The van der Waals surface area contributed by atoms with Gasteiger partial charge in [-0.3, -0.25) is 14.7 Å². The van der Waals surface area contributed by atoms with Crippen molar-refractivity contribution in [3.05, 3.63) is 23.5 Å². The smallest absolute Gasteiger partial charge is 0.255 e. The number of carbonyl (C=O) groups is 1. The lowest BCUT2D eigenvalue weighted by molar-refractivity contribution is 0.0924. The molecule has 2 heterocycles. The van der Waals surface area contributed by atoms with Crippen LogP contribution in [0.5, 0.6) is 5.75 Å². The first kappa shape index (κ1) is 15.8. The highest BCUT2D eigenvalue weighted by Crippen LogP contribution is 2.18. The predicted molar refractivity (Wildman–Crippen MR) is 82.4 cm³/mol. The molecule has 0 spiro atoms. The van der Waals surface area contributed by atoms with E-state index in [1.54, 1.807) is 13.0 Å². The number of amides is 1. The molecule has 1 aliphatic rings. The number of hydrogen-bond donors (Lipinski definition) is 2. The van der Waals surface area contributed by atoms with Gasteiger partial charge in [0.1, 0.15) is 5.75 Å². The van der Waals surface area contributed by atoms with Crippen LogP contribution in [0, 0.1) is 12.8 Å². The van der Waals surface area contributed by atoms with Crippen LogP contribution in [0.2, 0.25) is 0 Å². The topological polar surface area (TPSA) is 65.5 Å². The zero-order chi connectivity index (χ0) is 15.4. The third kappa shape index (κ3) is 3.94. The molecule has 0 aromatic carbocycles. The fraction of sp³-hybridized carbons (Fsp3) is 0.625. The molecule has 1 fully saturated rings. The Morgan fingerprint density at radius 2 is 2.10 bits per heavy atom. The Bertz CT molecular complexity index is 496. The molecule has 1 saturated heterocycles. The fourth-order valence-electron chi connectivity index (χ4n) is 2.89. The van der Waals surface area contributed by atoms with Gasteiger partial charge in [-0.2, -0.15) is 0 Å². The van der Waals surface area contributed by atoms with Gasteiger partial charge in [-0.05, 0) is 44.8 Å². The van der Waals surface area contributed by atoms with Gasteiger partial charge in [0.15, 0.2) is 0 Å². The molecule has 0 aliphatic carbocycles. The van der Waals surface area contributed by atoms with Crippen LogP contribution in [0.15, 0.2) is 12.3 Å². The Morgan fingerprint density at radius 1 is 1.43 bits per heavy atom. The van der Waals surface area contributed by atoms with Crippen LogP contribution in [-0.4, -0.2) is 46.6 Å². The molecule has 116 valence electrons. The first-order valence-corrected chi connectivity index (χ1v) is 7.67. The number of rotatable bonds is 5. The molecule has 1 aromatic heterocycles. The Balaban J connectivity index is 1.99. The first-order chi connectivity index (χ1) is 9.99. The number of likely N-dealkylation sites (tertiary alicyclic amines) is 1. The number of aromatic hydroxyl groups is 1. The van der Waals surface area contributed by atoms with Crippen LogP contribution in [0.4, 0.5) is 0 Å². The summed E-state index contributed by atoms with van der Waals surface area (Å²) in [6, 6.07) is 1.96. The van der Waals surface area contributed by atoms with Crippen molar-refractivity contribution in [1.82, 2.24) is 15.2 Å². The second-order valence-electron chi connectivity index (χ2n) is 6.11. The van der Waals surface area contributed by atoms with Gasteiger partial charge in [0.05, 0.1) is 11.8 Å². The Morgan fingerprint density at radius 3 is 2.71 bits per heavy atom. The minimum atomic E-state index is -0.233. The van der Waals surface area contributed by atoms with Gasteiger partial charge in [0, 0.05) is 18.3 Å². The van der Waals surface area contributed by atoms with E-state index in [-0.39, 0.29) is 11.7 Å². The fourth-order valence-corrected chi connectivity index (χ4v) is 2.89. The predicted octanol–water partition coefficient (Wildman–Crippen LogP) is 1.95. The van der Waals surface area contributed by atoms with Crippen LogP contribution in [0.1, 0.15) is 42.7 Å². The number of aromatic nitrogens is 1. The van der Waals surface area contributed by atoms with Crippen molar-refractivity contribution in [3.8, 4) is 5.75 Å². The molecule has 1 aliphatic heterocycles. The maximum absolute atomic E-state index is 12.2. The Kier molecular flexibility index (Phi) is 5.17. The van der Waals surface area contributed by atoms with Crippen molar-refractivity contribution >= 4 is 5.91 Å². The van der Waals surface area contributed by atoms with Crippen LogP contribution in [-0.2, 0) is 0 Å². The lowest BCUT2D eigenvalue weighted by Gasteiger charge is -2.31. The maximum Gasteiger partial charge on any atom is 0.255 e. The van der Waals surface area contributed by atoms with E-state index in [4.69, 9.17) is 0 Å². The lowest BCUT2D eigenvalue weighted by atomic mass is 10.0. The summed E-state index contributed by atoms with van der Waals surface area (Å²) in [5.41, 5.74) is 1.02. The van der Waals surface area contributed by atoms with Gasteiger partial charge < -0.3 is 10.4 Å². The van der Waals surface area contributed by atoms with Crippen LogP contribution < -0.4 is 5.32 Å². The van der Waals surface area contributed by atoms with Crippen molar-refractivity contribution in [2.24, 2.45) is 5.92 Å². The molecule has 0 bridgehead atoms. The highest BCUT2D eigenvalue weighted by molar-refractivity contribution is 5.96. The standard InChI is InChI=1S/C16H25N3O2/c1-11(2)14(19-6-4-5-7-19)9-18-16(21)13-8-12(3)17-10-15(13)20/h8,10-11,14,20H,4-7,9H2,1-3H3,(H,18,21)/t14-/m1/s1. The van der Waals surface area contributed by atoms with Crippen LogP contribution in [0.25, 0.3) is 0 Å². The molecule has 1 aromatic rings. The van der Waals surface area contributed by atoms with Gasteiger partial charge in [-0.25, -0.2) is 0 Å². The van der Waals surface area contributed by atoms with E-state index in [1.165, 1.54) is 19.0 Å². The average molecular weight is 291 g/mol. The molecule has 2 rings (SSSR count). The zero-order valence-electron chi connectivity index (χ0n) is 13.1. The van der Waals surface area contributed by atoms with Gasteiger partial charge in [-0.15, -0.1) is 0 Å². The third-order valence-electron chi connectivity index (χ3n) is 4.12. The molecule has 1 amide bonds. The third-order valence-corrected chi connectivity index (χ3v) is 4.12. The molecule has 5 nitrogen and oxygen atoms in total. The van der Waals surface area contributed by atoms with E-state index < -0.39 is 0 Å². The summed E-state index contributed by atoms with van der Waals surface area (Å²) < 4.78 is 0. The van der Waals surface area contributed by atoms with Gasteiger partial charge in [-0.1, -0.05) is 13.8 Å². The largest absolute Gasteiger partial charge is 0.505 e. The van der Waals surface area contributed by atoms with Crippen molar-refractivity contribution in [2.75, 3.05) is 19.6 Å². The molecular formula is C16H25N3O2. The Labute approximate surface area is 126 Å². The van der Waals surface area contributed by atoms with Gasteiger partial charge >= 0.3 is 0 Å². The van der Waals surface area contributed by atoms with Crippen LogP contribution in [0.3, 0.4) is 0 Å². The molecule has 21 heavy (non-hydrogen) atoms. The number of nitrogens with one attached hydrogen (secondary N) is 1. The van der Waals surface area contributed by atoms with Crippen molar-refractivity contribution in [3.63, 3.8) is 0 Å². The number of nitrogens with zero attached hydrogens (tertiary/aromatic N) is 2. The minimum Gasteiger partial charge on any atom is -0.505 e. The molecular weight excluding hydrogens is 266 g/mol. The summed E-state index contributed by atoms with van der Waals surface area (Å²) in [5.74, 6) is 0.180. The van der Waals surface area contributed by atoms with Crippen molar-refractivity contribution in [2.45, 2.75) is 39.7 Å². The quantitative estimate of drug-likeness (QED) is 0.870. The van der Waals surface area contributed by atoms with E-state index in [0.29, 0.717) is 24.1 Å². The van der Waals surface area contributed by atoms with E-state index in [0.717, 1.165) is 18.8 Å². The highest BCUT2D eigenvalue weighted by Gasteiger charge is 2.25. The van der Waals surface area contributed by atoms with Gasteiger partial charge in [0.2, 0.25) is 0 Å². The molecule has 2 N–H and O–H groups in total. The minimum absolute atomic E-state index is 0.0691. The van der Waals surface area contributed by atoms with Crippen LogP contribution >= 0.6 is 0 Å². The number of aryl methyl sites for hydroxylation is 1. The second-order valence-corrected chi connectivity index (χ2v) is 6.11.